The van der Waals surface area contributed by atoms with Gasteiger partial charge >= 0.3 is 0 Å². The van der Waals surface area contributed by atoms with Crippen molar-refractivity contribution in [2.24, 2.45) is 0 Å². The molecule has 0 fully saturated rings. The third-order valence-electron chi connectivity index (χ3n) is 3.44. The average molecular weight is 299 g/mol. The van der Waals surface area contributed by atoms with Crippen LogP contribution in [0.5, 0.6) is 11.5 Å². The molecule has 3 heteroatoms. The van der Waals surface area contributed by atoms with Crippen LogP contribution >= 0.6 is 0 Å². The van der Waals surface area contributed by atoms with Gasteiger partial charge in [0.25, 0.3) is 0 Å². The molecule has 0 amide bonds. The highest BCUT2D eigenvalue weighted by atomic mass is 16.5. The largest absolute Gasteiger partial charge is 0.491 e. The van der Waals surface area contributed by atoms with Crippen molar-refractivity contribution >= 4 is 5.69 Å². The van der Waals surface area contributed by atoms with Crippen molar-refractivity contribution in [3.05, 3.63) is 54.6 Å². The summed E-state index contributed by atoms with van der Waals surface area (Å²) in [6.07, 6.45) is 1.35. The summed E-state index contributed by atoms with van der Waals surface area (Å²) in [5, 5.41) is 3.38. The lowest BCUT2D eigenvalue weighted by Gasteiger charge is -2.17. The van der Waals surface area contributed by atoms with Gasteiger partial charge in [0.2, 0.25) is 0 Å². The Morgan fingerprint density at radius 2 is 1.41 bits per heavy atom. The van der Waals surface area contributed by atoms with E-state index in [0.29, 0.717) is 0 Å². The maximum absolute atomic E-state index is 5.84. The monoisotopic (exact) mass is 299 g/mol. The van der Waals surface area contributed by atoms with Crippen LogP contribution in [0.2, 0.25) is 0 Å². The van der Waals surface area contributed by atoms with E-state index in [0.717, 1.165) is 30.2 Å². The van der Waals surface area contributed by atoms with Gasteiger partial charge in [0.15, 0.2) is 0 Å². The smallest absolute Gasteiger partial charge is 0.119 e. The fourth-order valence-corrected chi connectivity index (χ4v) is 2.00. The Labute approximate surface area is 133 Å². The van der Waals surface area contributed by atoms with E-state index in [1.54, 1.807) is 0 Å². The first-order valence-corrected chi connectivity index (χ1v) is 7.89. The molecule has 2 atom stereocenters. The second-order valence-electron chi connectivity index (χ2n) is 5.48. The first-order chi connectivity index (χ1) is 10.7. The first-order valence-electron chi connectivity index (χ1n) is 7.89. The zero-order chi connectivity index (χ0) is 15.8. The molecular weight excluding hydrogens is 274 g/mol. The van der Waals surface area contributed by atoms with E-state index < -0.39 is 0 Å². The fourth-order valence-electron chi connectivity index (χ4n) is 2.00. The quantitative estimate of drug-likeness (QED) is 0.763. The summed E-state index contributed by atoms with van der Waals surface area (Å²) in [5.41, 5.74) is 1.07. The summed E-state index contributed by atoms with van der Waals surface area (Å²) in [6.45, 7) is 7.00. The highest BCUT2D eigenvalue weighted by Gasteiger charge is 2.04. The maximum atomic E-state index is 5.84. The van der Waals surface area contributed by atoms with Crippen molar-refractivity contribution in [3.8, 4) is 11.5 Å². The van der Waals surface area contributed by atoms with Crippen LogP contribution in [0.1, 0.15) is 27.2 Å². The lowest BCUT2D eigenvalue weighted by atomic mass is 10.2. The number of hydrogen-bond donors (Lipinski definition) is 1. The Kier molecular flexibility index (Phi) is 6.13. The number of ether oxygens (including phenoxy) is 2. The van der Waals surface area contributed by atoms with Crippen molar-refractivity contribution in [2.45, 2.75) is 39.4 Å². The summed E-state index contributed by atoms with van der Waals surface area (Å²) >= 11 is 0. The molecule has 118 valence electrons. The average Bonchev–Trinajstić information content (AvgIpc) is 2.55. The van der Waals surface area contributed by atoms with E-state index in [2.05, 4.69) is 26.1 Å². The zero-order valence-electron chi connectivity index (χ0n) is 13.6. The van der Waals surface area contributed by atoms with Crippen LogP contribution in [0.4, 0.5) is 5.69 Å². The van der Waals surface area contributed by atoms with Gasteiger partial charge in [0.05, 0.1) is 12.6 Å². The third-order valence-corrected chi connectivity index (χ3v) is 3.44. The van der Waals surface area contributed by atoms with Crippen molar-refractivity contribution in [3.63, 3.8) is 0 Å². The molecule has 2 rings (SSSR count). The predicted molar refractivity (Wildman–Crippen MR) is 91.8 cm³/mol. The molecule has 0 aromatic heterocycles. The van der Waals surface area contributed by atoms with Crippen LogP contribution in [-0.2, 0) is 0 Å². The molecule has 0 spiro atoms. The van der Waals surface area contributed by atoms with Crippen LogP contribution in [0.25, 0.3) is 0 Å². The van der Waals surface area contributed by atoms with Gasteiger partial charge in [0, 0.05) is 5.69 Å². The normalized spacial score (nSPS) is 13.2. The van der Waals surface area contributed by atoms with Gasteiger partial charge in [-0.05, 0) is 56.7 Å². The Hall–Kier alpha value is -2.16. The molecule has 0 heterocycles. The number of rotatable bonds is 8. The van der Waals surface area contributed by atoms with E-state index in [9.17, 15) is 0 Å². The molecular formula is C19H25NO2. The van der Waals surface area contributed by atoms with Crippen LogP contribution in [-0.4, -0.2) is 18.8 Å². The number of hydrogen-bond acceptors (Lipinski definition) is 3. The van der Waals surface area contributed by atoms with E-state index in [1.165, 1.54) is 0 Å². The van der Waals surface area contributed by atoms with Gasteiger partial charge in [-0.15, -0.1) is 0 Å². The Morgan fingerprint density at radius 1 is 0.818 bits per heavy atom. The van der Waals surface area contributed by atoms with Gasteiger partial charge < -0.3 is 14.8 Å². The lowest BCUT2D eigenvalue weighted by molar-refractivity contribution is 0.217. The Bertz CT molecular complexity index is 539. The molecule has 0 unspecified atom stereocenters. The molecule has 0 aliphatic heterocycles. The molecule has 2 aromatic carbocycles. The van der Waals surface area contributed by atoms with Gasteiger partial charge in [-0.25, -0.2) is 0 Å². The minimum atomic E-state index is 0.0958. The number of anilines is 1. The summed E-state index contributed by atoms with van der Waals surface area (Å²) in [7, 11) is 0. The summed E-state index contributed by atoms with van der Waals surface area (Å²) < 4.78 is 11.6. The molecule has 0 bridgehead atoms. The van der Waals surface area contributed by atoms with E-state index in [1.807, 2.05) is 54.6 Å². The molecule has 0 radical (unpaired) electrons. The fraction of sp³-hybridized carbons (Fsp3) is 0.368. The van der Waals surface area contributed by atoms with Crippen molar-refractivity contribution < 1.29 is 9.47 Å². The van der Waals surface area contributed by atoms with Gasteiger partial charge in [-0.3, -0.25) is 0 Å². The number of para-hydroxylation sites is 1. The molecule has 2 aromatic rings. The molecule has 22 heavy (non-hydrogen) atoms. The zero-order valence-corrected chi connectivity index (χ0v) is 13.6. The Balaban J connectivity index is 1.79. The summed E-state index contributed by atoms with van der Waals surface area (Å²) in [6, 6.07) is 17.9. The second kappa shape index (κ2) is 8.32. The summed E-state index contributed by atoms with van der Waals surface area (Å²) in [4.78, 5) is 0. The van der Waals surface area contributed by atoms with Crippen molar-refractivity contribution in [2.75, 3.05) is 11.9 Å². The van der Waals surface area contributed by atoms with Gasteiger partial charge in [-0.2, -0.15) is 0 Å². The number of benzene rings is 2. The van der Waals surface area contributed by atoms with Crippen LogP contribution in [0, 0.1) is 0 Å². The summed E-state index contributed by atoms with van der Waals surface area (Å²) in [5.74, 6) is 1.81. The molecule has 1 N–H and O–H groups in total. The number of nitrogens with one attached hydrogen (secondary N) is 1. The lowest BCUT2D eigenvalue weighted by Crippen LogP contribution is -2.22. The van der Waals surface area contributed by atoms with Crippen LogP contribution in [0.15, 0.2) is 54.6 Å². The Morgan fingerprint density at radius 3 is 2.05 bits per heavy atom. The molecule has 0 aliphatic rings. The van der Waals surface area contributed by atoms with Crippen molar-refractivity contribution in [1.82, 2.24) is 0 Å². The first kappa shape index (κ1) is 16.2. The minimum Gasteiger partial charge on any atom is -0.491 e. The topological polar surface area (TPSA) is 30.5 Å². The van der Waals surface area contributed by atoms with Gasteiger partial charge in [-0.1, -0.05) is 25.1 Å². The molecule has 3 nitrogen and oxygen atoms in total. The molecule has 0 saturated heterocycles. The maximum Gasteiger partial charge on any atom is 0.119 e. The van der Waals surface area contributed by atoms with Crippen LogP contribution < -0.4 is 14.8 Å². The van der Waals surface area contributed by atoms with Gasteiger partial charge in [0.1, 0.15) is 17.6 Å². The van der Waals surface area contributed by atoms with E-state index >= 15 is 0 Å². The van der Waals surface area contributed by atoms with Crippen LogP contribution in [0.3, 0.4) is 0 Å². The highest BCUT2D eigenvalue weighted by molar-refractivity contribution is 5.46. The minimum absolute atomic E-state index is 0.0958. The van der Waals surface area contributed by atoms with E-state index in [-0.39, 0.29) is 12.2 Å². The predicted octanol–water partition coefficient (Wildman–Crippen LogP) is 4.74. The highest BCUT2D eigenvalue weighted by Crippen LogP contribution is 2.18. The SMILES string of the molecule is CC[C@H](C)Oc1ccc(NC[C@@H](C)Oc2ccccc2)cc1. The second-order valence-corrected chi connectivity index (χ2v) is 5.48. The third kappa shape index (κ3) is 5.32. The molecule has 0 saturated carbocycles. The standard InChI is InChI=1S/C19H25NO2/c1-4-15(2)21-19-12-10-17(11-13-19)20-14-16(3)22-18-8-6-5-7-9-18/h5-13,15-16,20H,4,14H2,1-3H3/t15-,16+/m0/s1. The molecule has 0 aliphatic carbocycles. The van der Waals surface area contributed by atoms with E-state index in [4.69, 9.17) is 9.47 Å². The van der Waals surface area contributed by atoms with Crippen molar-refractivity contribution in [1.29, 1.82) is 0 Å².